The van der Waals surface area contributed by atoms with Gasteiger partial charge in [0.2, 0.25) is 11.8 Å². The zero-order chi connectivity index (χ0) is 21.1. The predicted molar refractivity (Wildman–Crippen MR) is 111 cm³/mol. The molecule has 0 unspecified atom stereocenters. The van der Waals surface area contributed by atoms with E-state index in [0.29, 0.717) is 16.9 Å². The Kier molecular flexibility index (Phi) is 5.76. The summed E-state index contributed by atoms with van der Waals surface area (Å²) < 4.78 is 12.3. The minimum absolute atomic E-state index is 0.0914. The zero-order valence-electron chi connectivity index (χ0n) is 17.2. The van der Waals surface area contributed by atoms with Crippen molar-refractivity contribution in [3.05, 3.63) is 41.8 Å². The Hall–Kier alpha value is -2.88. The monoisotopic (exact) mass is 428 g/mol. The van der Waals surface area contributed by atoms with Crippen LogP contribution in [0.15, 0.2) is 33.9 Å². The lowest BCUT2D eigenvalue weighted by atomic mass is 9.96. The highest BCUT2D eigenvalue weighted by Gasteiger charge is 2.41. The van der Waals surface area contributed by atoms with Crippen LogP contribution < -0.4 is 10.1 Å². The molecule has 0 radical (unpaired) electrons. The maximum absolute atomic E-state index is 12.8. The average molecular weight is 429 g/mol. The quantitative estimate of drug-likeness (QED) is 0.572. The standard InChI is InChI=1S/C20H24N6O3S/c1-13-23-24-19(26(13)15-6-8-16(28-3)9-7-15)30-12-17(27)22-20(10-4-5-11-20)18-21-14(2)29-25-18/h6-9H,4-5,10-12H2,1-3H3,(H,22,27). The van der Waals surface area contributed by atoms with Crippen molar-refractivity contribution in [1.82, 2.24) is 30.2 Å². The van der Waals surface area contributed by atoms with E-state index in [-0.39, 0.29) is 11.7 Å². The lowest BCUT2D eigenvalue weighted by Crippen LogP contribution is -2.45. The Bertz CT molecular complexity index is 1020. The number of carbonyl (C=O) groups excluding carboxylic acids is 1. The lowest BCUT2D eigenvalue weighted by Gasteiger charge is -2.26. The molecule has 30 heavy (non-hydrogen) atoms. The van der Waals surface area contributed by atoms with E-state index in [2.05, 4.69) is 25.7 Å². The first kappa shape index (κ1) is 20.4. The van der Waals surface area contributed by atoms with Crippen LogP contribution in [0.5, 0.6) is 5.75 Å². The molecule has 1 aliphatic rings. The summed E-state index contributed by atoms with van der Waals surface area (Å²) in [5.41, 5.74) is 0.366. The van der Waals surface area contributed by atoms with Gasteiger partial charge in [-0.25, -0.2) is 0 Å². The van der Waals surface area contributed by atoms with E-state index in [0.717, 1.165) is 42.9 Å². The molecule has 2 aromatic heterocycles. The summed E-state index contributed by atoms with van der Waals surface area (Å²) in [5.74, 6) is 2.71. The molecule has 0 spiro atoms. The summed E-state index contributed by atoms with van der Waals surface area (Å²) in [5, 5.41) is 16.3. The molecule has 9 nitrogen and oxygen atoms in total. The lowest BCUT2D eigenvalue weighted by molar-refractivity contribution is -0.120. The second-order valence-corrected chi connectivity index (χ2v) is 8.27. The molecule has 2 heterocycles. The Morgan fingerprint density at radius 1 is 1.23 bits per heavy atom. The van der Waals surface area contributed by atoms with Crippen LogP contribution in [0, 0.1) is 13.8 Å². The van der Waals surface area contributed by atoms with Crippen molar-refractivity contribution in [2.45, 2.75) is 50.2 Å². The molecule has 1 fully saturated rings. The van der Waals surface area contributed by atoms with Gasteiger partial charge < -0.3 is 14.6 Å². The van der Waals surface area contributed by atoms with Crippen molar-refractivity contribution in [2.75, 3.05) is 12.9 Å². The highest BCUT2D eigenvalue weighted by atomic mass is 32.2. The molecule has 1 aromatic carbocycles. The Morgan fingerprint density at radius 3 is 2.60 bits per heavy atom. The molecule has 3 aromatic rings. The van der Waals surface area contributed by atoms with Crippen LogP contribution >= 0.6 is 11.8 Å². The SMILES string of the molecule is COc1ccc(-n2c(C)nnc2SCC(=O)NC2(c3noc(C)n3)CCCC2)cc1. The number of amides is 1. The van der Waals surface area contributed by atoms with Crippen molar-refractivity contribution in [3.8, 4) is 11.4 Å². The first-order chi connectivity index (χ1) is 14.5. The van der Waals surface area contributed by atoms with Gasteiger partial charge in [-0.15, -0.1) is 10.2 Å². The van der Waals surface area contributed by atoms with Crippen molar-refractivity contribution < 1.29 is 14.1 Å². The third kappa shape index (κ3) is 4.04. The molecule has 0 saturated heterocycles. The van der Waals surface area contributed by atoms with E-state index >= 15 is 0 Å². The van der Waals surface area contributed by atoms with Crippen molar-refractivity contribution in [1.29, 1.82) is 0 Å². The second-order valence-electron chi connectivity index (χ2n) is 7.33. The molecule has 0 aliphatic heterocycles. The molecule has 158 valence electrons. The van der Waals surface area contributed by atoms with E-state index < -0.39 is 5.54 Å². The summed E-state index contributed by atoms with van der Waals surface area (Å²) in [7, 11) is 1.63. The summed E-state index contributed by atoms with van der Waals surface area (Å²) in [6.07, 6.45) is 3.66. The van der Waals surface area contributed by atoms with Gasteiger partial charge in [-0.1, -0.05) is 29.8 Å². The first-order valence-electron chi connectivity index (χ1n) is 9.82. The highest BCUT2D eigenvalue weighted by Crippen LogP contribution is 2.37. The fourth-order valence-electron chi connectivity index (χ4n) is 3.77. The molecule has 0 atom stereocenters. The number of thioether (sulfide) groups is 1. The van der Waals surface area contributed by atoms with E-state index in [1.54, 1.807) is 14.0 Å². The largest absolute Gasteiger partial charge is 0.497 e. The molecule has 4 rings (SSSR count). The Balaban J connectivity index is 1.46. The molecule has 1 aliphatic carbocycles. The number of hydrogen-bond donors (Lipinski definition) is 1. The number of rotatable bonds is 7. The summed E-state index contributed by atoms with van der Waals surface area (Å²) in [6.45, 7) is 3.64. The van der Waals surface area contributed by atoms with E-state index in [9.17, 15) is 4.79 Å². The third-order valence-corrected chi connectivity index (χ3v) is 6.18. The number of carbonyl (C=O) groups is 1. The van der Waals surface area contributed by atoms with Crippen LogP contribution in [0.4, 0.5) is 0 Å². The highest BCUT2D eigenvalue weighted by molar-refractivity contribution is 7.99. The van der Waals surface area contributed by atoms with Crippen LogP contribution in [0.2, 0.25) is 0 Å². The minimum Gasteiger partial charge on any atom is -0.497 e. The van der Waals surface area contributed by atoms with Crippen molar-refractivity contribution in [2.24, 2.45) is 0 Å². The number of nitrogens with one attached hydrogen (secondary N) is 1. The van der Waals surface area contributed by atoms with Crippen molar-refractivity contribution in [3.63, 3.8) is 0 Å². The number of benzene rings is 1. The van der Waals surface area contributed by atoms with Gasteiger partial charge in [-0.3, -0.25) is 9.36 Å². The number of ether oxygens (including phenoxy) is 1. The zero-order valence-corrected chi connectivity index (χ0v) is 18.0. The smallest absolute Gasteiger partial charge is 0.231 e. The number of hydrogen-bond acceptors (Lipinski definition) is 8. The van der Waals surface area contributed by atoms with Crippen LogP contribution in [0.3, 0.4) is 0 Å². The number of aromatic nitrogens is 5. The molecule has 1 saturated carbocycles. The normalized spacial score (nSPS) is 15.3. The molecule has 0 bridgehead atoms. The maximum atomic E-state index is 12.8. The topological polar surface area (TPSA) is 108 Å². The molecule has 10 heteroatoms. The average Bonchev–Trinajstić information content (AvgIpc) is 3.47. The summed E-state index contributed by atoms with van der Waals surface area (Å²) >= 11 is 1.35. The molecular weight excluding hydrogens is 404 g/mol. The van der Waals surface area contributed by atoms with Gasteiger partial charge in [-0.05, 0) is 44.0 Å². The van der Waals surface area contributed by atoms with Gasteiger partial charge in [0.05, 0.1) is 12.9 Å². The number of nitrogens with zero attached hydrogens (tertiary/aromatic N) is 5. The van der Waals surface area contributed by atoms with Gasteiger partial charge in [0.15, 0.2) is 11.0 Å². The van der Waals surface area contributed by atoms with Crippen molar-refractivity contribution >= 4 is 17.7 Å². The molecular formula is C20H24N6O3S. The van der Waals surface area contributed by atoms with Gasteiger partial charge in [0.1, 0.15) is 17.1 Å². The fraction of sp³-hybridized carbons (Fsp3) is 0.450. The van der Waals surface area contributed by atoms with Crippen LogP contribution in [-0.2, 0) is 10.3 Å². The molecule has 1 amide bonds. The Morgan fingerprint density at radius 2 is 1.97 bits per heavy atom. The van der Waals surface area contributed by atoms with Gasteiger partial charge >= 0.3 is 0 Å². The third-order valence-electron chi connectivity index (χ3n) is 5.25. The summed E-state index contributed by atoms with van der Waals surface area (Å²) in [4.78, 5) is 17.2. The van der Waals surface area contributed by atoms with E-state index in [4.69, 9.17) is 9.26 Å². The minimum atomic E-state index is -0.547. The van der Waals surface area contributed by atoms with E-state index in [1.165, 1.54) is 11.8 Å². The maximum Gasteiger partial charge on any atom is 0.231 e. The fourth-order valence-corrected chi connectivity index (χ4v) is 4.57. The predicted octanol–water partition coefficient (Wildman–Crippen LogP) is 2.95. The van der Waals surface area contributed by atoms with Gasteiger partial charge in [0.25, 0.3) is 0 Å². The molecule has 1 N–H and O–H groups in total. The Labute approximate surface area is 178 Å². The van der Waals surface area contributed by atoms with Crippen LogP contribution in [-0.4, -0.2) is 43.7 Å². The second kappa shape index (κ2) is 8.47. The number of methoxy groups -OCH3 is 1. The first-order valence-corrected chi connectivity index (χ1v) is 10.8. The van der Waals surface area contributed by atoms with E-state index in [1.807, 2.05) is 35.8 Å². The number of aryl methyl sites for hydroxylation is 2. The van der Waals surface area contributed by atoms with Crippen LogP contribution in [0.25, 0.3) is 5.69 Å². The van der Waals surface area contributed by atoms with Gasteiger partial charge in [0, 0.05) is 12.6 Å². The van der Waals surface area contributed by atoms with Crippen LogP contribution in [0.1, 0.15) is 43.2 Å². The summed E-state index contributed by atoms with van der Waals surface area (Å²) in [6, 6.07) is 7.64. The van der Waals surface area contributed by atoms with Gasteiger partial charge in [-0.2, -0.15) is 4.98 Å².